The number of methoxy groups -OCH3 is 1. The molecule has 1 unspecified atom stereocenters. The number of nitrogens with one attached hydrogen (secondary N) is 2. The largest absolute Gasteiger partial charge is 0.453 e. The minimum absolute atomic E-state index is 0.0332. The number of carbonyl (C=O) groups excluding carboxylic acids is 3. The van der Waals surface area contributed by atoms with E-state index >= 15 is 0 Å². The van der Waals surface area contributed by atoms with Gasteiger partial charge in [-0.05, 0) is 6.42 Å². The SMILES string of the molecule is CCC.COC(=O)NCC(=O)N1CCC1CNC(C)=O. The molecule has 7 heteroatoms. The van der Waals surface area contributed by atoms with Gasteiger partial charge in [-0.3, -0.25) is 9.59 Å². The first-order valence-corrected chi connectivity index (χ1v) is 6.81. The standard InChI is InChI=1S/C10H17N3O4.C3H8/c1-7(14)11-5-8-3-4-13(8)9(15)6-12-10(16)17-2;1-3-2/h8H,3-6H2,1-2H3,(H,11,14)(H,12,16);3H2,1-2H3. The number of hydrogen-bond donors (Lipinski definition) is 2. The van der Waals surface area contributed by atoms with E-state index in [9.17, 15) is 14.4 Å². The van der Waals surface area contributed by atoms with Crippen molar-refractivity contribution in [2.75, 3.05) is 26.7 Å². The summed E-state index contributed by atoms with van der Waals surface area (Å²) in [5.74, 6) is -0.283. The van der Waals surface area contributed by atoms with Crippen LogP contribution in [0.3, 0.4) is 0 Å². The van der Waals surface area contributed by atoms with Crippen LogP contribution in [0.2, 0.25) is 0 Å². The maximum absolute atomic E-state index is 11.6. The van der Waals surface area contributed by atoms with Crippen molar-refractivity contribution in [3.8, 4) is 0 Å². The van der Waals surface area contributed by atoms with Crippen molar-refractivity contribution in [2.24, 2.45) is 0 Å². The molecular weight excluding hydrogens is 262 g/mol. The number of amides is 3. The Morgan fingerprint density at radius 2 is 1.85 bits per heavy atom. The summed E-state index contributed by atoms with van der Waals surface area (Å²) in [6.45, 7) is 6.72. The predicted octanol–water partition coefficient (Wildman–Crippen LogP) is 0.496. The second-order valence-corrected chi connectivity index (χ2v) is 4.52. The summed E-state index contributed by atoms with van der Waals surface area (Å²) in [5.41, 5.74) is 0. The predicted molar refractivity (Wildman–Crippen MR) is 75.2 cm³/mol. The molecule has 1 aliphatic rings. The van der Waals surface area contributed by atoms with Gasteiger partial charge in [0.15, 0.2) is 0 Å². The number of likely N-dealkylation sites (tertiary alicyclic amines) is 1. The van der Waals surface area contributed by atoms with E-state index in [1.165, 1.54) is 20.5 Å². The summed E-state index contributed by atoms with van der Waals surface area (Å²) >= 11 is 0. The zero-order chi connectivity index (χ0) is 15.5. The Morgan fingerprint density at radius 3 is 2.25 bits per heavy atom. The van der Waals surface area contributed by atoms with E-state index in [2.05, 4.69) is 29.2 Å². The maximum Gasteiger partial charge on any atom is 0.407 e. The third-order valence-electron chi connectivity index (χ3n) is 2.62. The number of rotatable bonds is 4. The summed E-state index contributed by atoms with van der Waals surface area (Å²) in [7, 11) is 1.24. The highest BCUT2D eigenvalue weighted by Crippen LogP contribution is 2.16. The van der Waals surface area contributed by atoms with E-state index in [0.29, 0.717) is 13.1 Å². The Bertz CT molecular complexity index is 334. The van der Waals surface area contributed by atoms with Crippen molar-refractivity contribution in [3.05, 3.63) is 0 Å². The van der Waals surface area contributed by atoms with Gasteiger partial charge in [0.1, 0.15) is 6.54 Å². The smallest absolute Gasteiger partial charge is 0.407 e. The Morgan fingerprint density at radius 1 is 1.25 bits per heavy atom. The molecule has 0 aromatic rings. The third-order valence-corrected chi connectivity index (χ3v) is 2.62. The first-order valence-electron chi connectivity index (χ1n) is 6.81. The lowest BCUT2D eigenvalue weighted by molar-refractivity contribution is -0.138. The van der Waals surface area contributed by atoms with Crippen molar-refractivity contribution >= 4 is 17.9 Å². The van der Waals surface area contributed by atoms with Gasteiger partial charge in [0.05, 0.1) is 13.2 Å². The molecule has 0 aromatic carbocycles. The molecule has 0 spiro atoms. The van der Waals surface area contributed by atoms with Gasteiger partial charge in [-0.25, -0.2) is 4.79 Å². The summed E-state index contributed by atoms with van der Waals surface area (Å²) in [4.78, 5) is 34.8. The molecule has 0 bridgehead atoms. The second-order valence-electron chi connectivity index (χ2n) is 4.52. The molecule has 116 valence electrons. The average molecular weight is 287 g/mol. The van der Waals surface area contributed by atoms with E-state index in [0.717, 1.165) is 6.42 Å². The lowest BCUT2D eigenvalue weighted by atomic mass is 10.0. The normalized spacial score (nSPS) is 16.2. The molecule has 1 rings (SSSR count). The lowest BCUT2D eigenvalue weighted by Crippen LogP contribution is -2.57. The van der Waals surface area contributed by atoms with E-state index in [1.807, 2.05) is 0 Å². The minimum atomic E-state index is -0.628. The van der Waals surface area contributed by atoms with E-state index in [-0.39, 0.29) is 24.4 Å². The Hall–Kier alpha value is -1.79. The van der Waals surface area contributed by atoms with Crippen molar-refractivity contribution in [1.29, 1.82) is 0 Å². The Balaban J connectivity index is 0.00000110. The number of hydrogen-bond acceptors (Lipinski definition) is 4. The molecule has 20 heavy (non-hydrogen) atoms. The monoisotopic (exact) mass is 287 g/mol. The van der Waals surface area contributed by atoms with Crippen LogP contribution in [0.5, 0.6) is 0 Å². The Labute approximate surface area is 120 Å². The highest BCUT2D eigenvalue weighted by molar-refractivity contribution is 5.83. The first-order chi connectivity index (χ1) is 9.46. The number of nitrogens with zero attached hydrogens (tertiary/aromatic N) is 1. The molecule has 0 radical (unpaired) electrons. The van der Waals surface area contributed by atoms with Crippen LogP contribution in [0.4, 0.5) is 4.79 Å². The molecule has 0 aromatic heterocycles. The van der Waals surface area contributed by atoms with Gasteiger partial charge in [-0.2, -0.15) is 0 Å². The van der Waals surface area contributed by atoms with Crippen LogP contribution >= 0.6 is 0 Å². The van der Waals surface area contributed by atoms with E-state index < -0.39 is 6.09 Å². The molecule has 0 saturated carbocycles. The van der Waals surface area contributed by atoms with Crippen LogP contribution in [-0.2, 0) is 14.3 Å². The van der Waals surface area contributed by atoms with E-state index in [4.69, 9.17) is 0 Å². The van der Waals surface area contributed by atoms with Crippen LogP contribution in [0.15, 0.2) is 0 Å². The molecule has 7 nitrogen and oxygen atoms in total. The fourth-order valence-corrected chi connectivity index (χ4v) is 1.56. The molecule has 1 saturated heterocycles. The van der Waals surface area contributed by atoms with Crippen molar-refractivity contribution in [1.82, 2.24) is 15.5 Å². The number of alkyl carbamates (subject to hydrolysis) is 1. The molecule has 2 N–H and O–H groups in total. The Kier molecular flexibility index (Phi) is 9.15. The molecule has 1 fully saturated rings. The molecule has 1 aliphatic heterocycles. The summed E-state index contributed by atoms with van der Waals surface area (Å²) < 4.78 is 4.36. The van der Waals surface area contributed by atoms with Gasteiger partial charge in [0.2, 0.25) is 11.8 Å². The number of carbonyl (C=O) groups is 3. The zero-order valence-corrected chi connectivity index (χ0v) is 12.7. The minimum Gasteiger partial charge on any atom is -0.453 e. The van der Waals surface area contributed by atoms with Crippen LogP contribution in [-0.4, -0.2) is 55.6 Å². The van der Waals surface area contributed by atoms with Crippen molar-refractivity contribution < 1.29 is 19.1 Å². The highest BCUT2D eigenvalue weighted by Gasteiger charge is 2.31. The fraction of sp³-hybridized carbons (Fsp3) is 0.769. The maximum atomic E-state index is 11.6. The molecule has 0 aliphatic carbocycles. The van der Waals surface area contributed by atoms with Gasteiger partial charge in [0.25, 0.3) is 0 Å². The highest BCUT2D eigenvalue weighted by atomic mass is 16.5. The van der Waals surface area contributed by atoms with Crippen molar-refractivity contribution in [2.45, 2.75) is 39.7 Å². The average Bonchev–Trinajstić information content (AvgIpc) is 2.35. The lowest BCUT2D eigenvalue weighted by Gasteiger charge is -2.41. The first kappa shape index (κ1) is 18.2. The molecule has 1 atom stereocenters. The van der Waals surface area contributed by atoms with Crippen LogP contribution in [0.25, 0.3) is 0 Å². The molecular formula is C13H25N3O4. The van der Waals surface area contributed by atoms with Crippen LogP contribution in [0, 0.1) is 0 Å². The second kappa shape index (κ2) is 10.1. The van der Waals surface area contributed by atoms with Gasteiger partial charge in [-0.15, -0.1) is 0 Å². The quantitative estimate of drug-likeness (QED) is 0.788. The van der Waals surface area contributed by atoms with Gasteiger partial charge in [-0.1, -0.05) is 20.3 Å². The van der Waals surface area contributed by atoms with Gasteiger partial charge in [0, 0.05) is 20.0 Å². The van der Waals surface area contributed by atoms with Crippen molar-refractivity contribution in [3.63, 3.8) is 0 Å². The zero-order valence-electron chi connectivity index (χ0n) is 12.7. The third kappa shape index (κ3) is 6.96. The fourth-order valence-electron chi connectivity index (χ4n) is 1.56. The van der Waals surface area contributed by atoms with E-state index in [1.54, 1.807) is 4.90 Å². The molecule has 1 heterocycles. The van der Waals surface area contributed by atoms with Gasteiger partial charge >= 0.3 is 6.09 Å². The number of ether oxygens (including phenoxy) is 1. The van der Waals surface area contributed by atoms with Crippen LogP contribution in [0.1, 0.15) is 33.6 Å². The van der Waals surface area contributed by atoms with Crippen LogP contribution < -0.4 is 10.6 Å². The summed E-state index contributed by atoms with van der Waals surface area (Å²) in [5, 5.41) is 4.99. The topological polar surface area (TPSA) is 87.7 Å². The summed E-state index contributed by atoms with van der Waals surface area (Å²) in [6, 6.07) is 0.0332. The van der Waals surface area contributed by atoms with Gasteiger partial charge < -0.3 is 20.3 Å². The molecule has 3 amide bonds. The summed E-state index contributed by atoms with van der Waals surface area (Å²) in [6.07, 6.45) is 1.49.